The average Bonchev–Trinajstić information content (AvgIpc) is 3.50. The van der Waals surface area contributed by atoms with Gasteiger partial charge in [0.25, 0.3) is 11.8 Å². The van der Waals surface area contributed by atoms with Crippen LogP contribution in [0.1, 0.15) is 76.7 Å². The highest BCUT2D eigenvalue weighted by atomic mass is 19.1. The van der Waals surface area contributed by atoms with Gasteiger partial charge in [0.2, 0.25) is 0 Å². The number of carbonyl (C=O) groups excluding carboxylic acids is 2. The fourth-order valence-corrected chi connectivity index (χ4v) is 6.43. The minimum Gasteiger partial charge on any atom is -0.364 e. The third kappa shape index (κ3) is 4.99. The van der Waals surface area contributed by atoms with Crippen LogP contribution < -0.4 is 5.73 Å². The van der Waals surface area contributed by atoms with Gasteiger partial charge < -0.3 is 15.5 Å². The van der Waals surface area contributed by atoms with E-state index in [0.29, 0.717) is 36.2 Å². The Hall–Kier alpha value is -2.74. The van der Waals surface area contributed by atoms with E-state index in [9.17, 15) is 14.0 Å². The van der Waals surface area contributed by atoms with Crippen LogP contribution in [-0.2, 0) is 6.42 Å². The van der Waals surface area contributed by atoms with Crippen molar-refractivity contribution in [1.82, 2.24) is 19.6 Å². The zero-order chi connectivity index (χ0) is 24.5. The van der Waals surface area contributed by atoms with Crippen molar-refractivity contribution >= 4 is 11.8 Å². The topological polar surface area (TPSA) is 84.5 Å². The fraction of sp³-hybridized carbons (Fsp3) is 0.593. The maximum absolute atomic E-state index is 13.6. The van der Waals surface area contributed by atoms with Crippen molar-refractivity contribution < 1.29 is 14.0 Å². The summed E-state index contributed by atoms with van der Waals surface area (Å²) in [5.74, 6) is 0.0356. The number of fused-ring (bicyclic) bond motifs is 1. The highest BCUT2D eigenvalue weighted by Gasteiger charge is 2.43. The van der Waals surface area contributed by atoms with Crippen LogP contribution >= 0.6 is 0 Å². The number of aromatic nitrogens is 2. The summed E-state index contributed by atoms with van der Waals surface area (Å²) in [6, 6.07) is 6.98. The fourth-order valence-electron chi connectivity index (χ4n) is 6.43. The van der Waals surface area contributed by atoms with E-state index < -0.39 is 5.91 Å². The van der Waals surface area contributed by atoms with Gasteiger partial charge in [0.1, 0.15) is 11.5 Å². The van der Waals surface area contributed by atoms with Crippen LogP contribution in [0.15, 0.2) is 24.3 Å². The summed E-state index contributed by atoms with van der Waals surface area (Å²) >= 11 is 0. The monoisotopic (exact) mass is 481 g/mol. The minimum absolute atomic E-state index is 0.106. The summed E-state index contributed by atoms with van der Waals surface area (Å²) in [5.41, 5.74) is 8.11. The largest absolute Gasteiger partial charge is 0.364 e. The first-order valence-electron chi connectivity index (χ1n) is 13.1. The van der Waals surface area contributed by atoms with Crippen LogP contribution in [-0.4, -0.2) is 64.1 Å². The Bertz CT molecular complexity index is 1080. The molecule has 2 aliphatic heterocycles. The molecule has 188 valence electrons. The van der Waals surface area contributed by atoms with Crippen molar-refractivity contribution in [3.8, 4) is 0 Å². The number of nitrogens with two attached hydrogens (primary N) is 1. The third-order valence-corrected chi connectivity index (χ3v) is 8.13. The molecule has 3 heterocycles. The molecule has 1 aliphatic carbocycles. The Morgan fingerprint density at radius 1 is 1.09 bits per heavy atom. The Labute approximate surface area is 206 Å². The van der Waals surface area contributed by atoms with Gasteiger partial charge in [-0.3, -0.25) is 14.3 Å². The Morgan fingerprint density at radius 3 is 2.46 bits per heavy atom. The number of aryl methyl sites for hydroxylation is 2. The smallest absolute Gasteiger partial charge is 0.267 e. The van der Waals surface area contributed by atoms with Gasteiger partial charge in [-0.2, -0.15) is 5.10 Å². The van der Waals surface area contributed by atoms with E-state index in [0.717, 1.165) is 63.7 Å². The van der Waals surface area contributed by atoms with E-state index in [4.69, 9.17) is 5.73 Å². The second kappa shape index (κ2) is 10.1. The predicted molar refractivity (Wildman–Crippen MR) is 132 cm³/mol. The molecule has 0 spiro atoms. The van der Waals surface area contributed by atoms with Crippen LogP contribution in [0, 0.1) is 24.6 Å². The number of likely N-dealkylation sites (tertiary alicyclic amines) is 2. The van der Waals surface area contributed by atoms with Crippen LogP contribution in [0.3, 0.4) is 0 Å². The first-order chi connectivity index (χ1) is 16.9. The first kappa shape index (κ1) is 24.0. The van der Waals surface area contributed by atoms with Gasteiger partial charge in [-0.25, -0.2) is 4.39 Å². The van der Waals surface area contributed by atoms with Gasteiger partial charge in [-0.05, 0) is 68.7 Å². The third-order valence-electron chi connectivity index (χ3n) is 8.13. The van der Waals surface area contributed by atoms with E-state index in [1.807, 2.05) is 17.9 Å². The molecule has 1 aromatic heterocycles. The summed E-state index contributed by atoms with van der Waals surface area (Å²) < 4.78 is 15.1. The molecule has 3 fully saturated rings. The van der Waals surface area contributed by atoms with E-state index in [1.165, 1.54) is 12.5 Å². The molecule has 0 radical (unpaired) electrons. The molecule has 5 rings (SSSR count). The second-order valence-electron chi connectivity index (χ2n) is 10.6. The van der Waals surface area contributed by atoms with Gasteiger partial charge >= 0.3 is 0 Å². The standard InChI is InChI=1S/C27H36FN5O2/c1-18-24(25(26(29)34)33(30-18)23-10-3-2-4-11-23)27(35)32-16-20-14-31(15-21(20)17-32)12-6-8-19-7-5-9-22(28)13-19/h5,7,9,13,20-21,23H,2-4,6,8,10-12,14-17H2,1H3,(H2,29,34)/t20-,21?/m0/s1. The Morgan fingerprint density at radius 2 is 1.80 bits per heavy atom. The molecule has 35 heavy (non-hydrogen) atoms. The van der Waals surface area contributed by atoms with Crippen LogP contribution in [0.25, 0.3) is 0 Å². The van der Waals surface area contributed by atoms with Gasteiger partial charge in [0, 0.05) is 26.2 Å². The van der Waals surface area contributed by atoms with Crippen molar-refractivity contribution in [3.63, 3.8) is 0 Å². The maximum atomic E-state index is 13.6. The van der Waals surface area contributed by atoms with E-state index in [1.54, 1.807) is 16.8 Å². The molecule has 1 unspecified atom stereocenters. The molecule has 2 aromatic rings. The number of primary amides is 1. The number of halogens is 1. The minimum atomic E-state index is -0.566. The molecular formula is C27H36FN5O2. The lowest BCUT2D eigenvalue weighted by Crippen LogP contribution is -2.35. The van der Waals surface area contributed by atoms with Gasteiger partial charge in [-0.15, -0.1) is 0 Å². The van der Waals surface area contributed by atoms with E-state index in [-0.39, 0.29) is 23.5 Å². The van der Waals surface area contributed by atoms with Crippen molar-refractivity contribution in [2.75, 3.05) is 32.7 Å². The lowest BCUT2D eigenvalue weighted by molar-refractivity contribution is 0.0767. The maximum Gasteiger partial charge on any atom is 0.267 e. The molecule has 1 aromatic carbocycles. The van der Waals surface area contributed by atoms with Gasteiger partial charge in [-0.1, -0.05) is 31.4 Å². The molecular weight excluding hydrogens is 445 g/mol. The number of amides is 2. The molecule has 0 bridgehead atoms. The molecule has 2 amide bonds. The SMILES string of the molecule is Cc1nn(C2CCCCC2)c(C(N)=O)c1C(=O)N1CC2CN(CCCc3cccc(F)c3)C[C@H]2C1. The first-order valence-corrected chi connectivity index (χ1v) is 13.1. The Kier molecular flexibility index (Phi) is 6.91. The van der Waals surface area contributed by atoms with Crippen LogP contribution in [0.4, 0.5) is 4.39 Å². The van der Waals surface area contributed by atoms with Crippen LogP contribution in [0.5, 0.6) is 0 Å². The number of nitrogens with zero attached hydrogens (tertiary/aromatic N) is 4. The number of rotatable bonds is 7. The zero-order valence-electron chi connectivity index (χ0n) is 20.6. The van der Waals surface area contributed by atoms with Gasteiger partial charge in [0.05, 0.1) is 17.3 Å². The van der Waals surface area contributed by atoms with Crippen molar-refractivity contribution in [2.24, 2.45) is 17.6 Å². The average molecular weight is 482 g/mol. The van der Waals surface area contributed by atoms with Gasteiger partial charge in [0.15, 0.2) is 0 Å². The molecule has 2 saturated heterocycles. The molecule has 2 N–H and O–H groups in total. The number of hydrogen-bond donors (Lipinski definition) is 1. The molecule has 7 nitrogen and oxygen atoms in total. The van der Waals surface area contributed by atoms with E-state index >= 15 is 0 Å². The Balaban J connectivity index is 1.20. The normalized spacial score (nSPS) is 23.1. The van der Waals surface area contributed by atoms with Crippen molar-refractivity contribution in [3.05, 3.63) is 52.6 Å². The molecule has 3 aliphatic rings. The quantitative estimate of drug-likeness (QED) is 0.655. The number of hydrogen-bond acceptors (Lipinski definition) is 4. The highest BCUT2D eigenvalue weighted by Crippen LogP contribution is 2.34. The lowest BCUT2D eigenvalue weighted by atomic mass is 9.95. The highest BCUT2D eigenvalue weighted by molar-refractivity contribution is 6.06. The predicted octanol–water partition coefficient (Wildman–Crippen LogP) is 3.57. The summed E-state index contributed by atoms with van der Waals surface area (Å²) in [5, 5.41) is 4.63. The van der Waals surface area contributed by atoms with Crippen LogP contribution in [0.2, 0.25) is 0 Å². The number of benzene rings is 1. The molecule has 1 saturated carbocycles. The van der Waals surface area contributed by atoms with Crippen molar-refractivity contribution in [2.45, 2.75) is 57.9 Å². The zero-order valence-corrected chi connectivity index (χ0v) is 20.6. The van der Waals surface area contributed by atoms with Crippen molar-refractivity contribution in [1.29, 1.82) is 0 Å². The second-order valence-corrected chi connectivity index (χ2v) is 10.6. The number of carbonyl (C=O) groups is 2. The van der Waals surface area contributed by atoms with E-state index in [2.05, 4.69) is 10.00 Å². The summed E-state index contributed by atoms with van der Waals surface area (Å²) in [4.78, 5) is 30.4. The lowest BCUT2D eigenvalue weighted by Gasteiger charge is -2.24. The molecule has 2 atom stereocenters. The summed E-state index contributed by atoms with van der Waals surface area (Å²) in [6.07, 6.45) is 7.22. The molecule has 8 heteroatoms. The summed E-state index contributed by atoms with van der Waals surface area (Å²) in [6.45, 7) is 6.15. The summed E-state index contributed by atoms with van der Waals surface area (Å²) in [7, 11) is 0.